The number of carbonyl (C=O) groups excluding carboxylic acids is 1. The second-order valence-electron chi connectivity index (χ2n) is 14.0. The van der Waals surface area contributed by atoms with Crippen molar-refractivity contribution in [2.24, 2.45) is 0 Å². The van der Waals surface area contributed by atoms with E-state index in [0.29, 0.717) is 6.42 Å². The topological polar surface area (TPSA) is 105 Å². The first-order valence-electron chi connectivity index (χ1n) is 18.6. The van der Waals surface area contributed by atoms with Crippen LogP contribution in [0.4, 0.5) is 0 Å². The highest BCUT2D eigenvalue weighted by Crippen LogP contribution is 2.34. The third kappa shape index (κ3) is 14.2. The Kier molecular flexibility index (Phi) is 18.5. The Balaban J connectivity index is 1.16. The molecule has 1 unspecified atom stereocenters. The lowest BCUT2D eigenvalue weighted by Crippen LogP contribution is -2.33. The van der Waals surface area contributed by atoms with Gasteiger partial charge in [0.2, 0.25) is 0 Å². The molecule has 8 atom stereocenters. The highest BCUT2D eigenvalue weighted by Gasteiger charge is 2.40. The summed E-state index contributed by atoms with van der Waals surface area (Å²) in [6, 6.07) is 0. The third-order valence-electron chi connectivity index (χ3n) is 10.1. The first-order valence-corrected chi connectivity index (χ1v) is 18.6. The molecule has 0 aromatic heterocycles. The molecule has 7 heteroatoms. The Hall–Kier alpha value is -0.990. The monoisotopic (exact) mass is 622 g/mol. The minimum absolute atomic E-state index is 0.0145. The van der Waals surface area contributed by atoms with Crippen molar-refractivity contribution < 1.29 is 34.3 Å². The van der Waals surface area contributed by atoms with Crippen molar-refractivity contribution in [2.45, 2.75) is 217 Å². The number of ether oxygens (including phenoxy) is 3. The van der Waals surface area contributed by atoms with E-state index in [0.717, 1.165) is 89.0 Å². The van der Waals surface area contributed by atoms with Crippen LogP contribution in [0.25, 0.3) is 0 Å². The molecule has 0 aromatic carbocycles. The van der Waals surface area contributed by atoms with Gasteiger partial charge in [0.25, 0.3) is 0 Å². The van der Waals surface area contributed by atoms with Gasteiger partial charge in [0.15, 0.2) is 0 Å². The molecule has 7 nitrogen and oxygen atoms in total. The quantitative estimate of drug-likeness (QED) is 0.0703. The molecule has 3 N–H and O–H groups in total. The molecular weight excluding hydrogens is 556 g/mol. The van der Waals surface area contributed by atoms with E-state index >= 15 is 0 Å². The zero-order valence-electron chi connectivity index (χ0n) is 28.1. The Morgan fingerprint density at radius 1 is 0.659 bits per heavy atom. The molecule has 3 aliphatic heterocycles. The van der Waals surface area contributed by atoms with E-state index in [1.165, 1.54) is 64.2 Å². The van der Waals surface area contributed by atoms with Crippen molar-refractivity contribution in [1.29, 1.82) is 0 Å². The fourth-order valence-corrected chi connectivity index (χ4v) is 7.27. The lowest BCUT2D eigenvalue weighted by Gasteiger charge is -2.24. The average Bonchev–Trinajstić information content (AvgIpc) is 3.76. The molecule has 256 valence electrons. The molecule has 3 heterocycles. The minimum Gasteiger partial charge on any atom is -0.455 e. The maximum Gasteiger partial charge on any atom is 0.334 e. The van der Waals surface area contributed by atoms with Gasteiger partial charge in [-0.05, 0) is 77.2 Å². The molecule has 0 radical (unpaired) electrons. The van der Waals surface area contributed by atoms with Gasteiger partial charge in [-0.3, -0.25) is 0 Å². The number of aliphatic hydroxyl groups excluding tert-OH is 3. The summed E-state index contributed by atoms with van der Waals surface area (Å²) in [5.74, 6) is -0.196. The highest BCUT2D eigenvalue weighted by atomic mass is 16.6. The van der Waals surface area contributed by atoms with Gasteiger partial charge in [0.1, 0.15) is 6.10 Å². The number of carbonyl (C=O) groups is 1. The highest BCUT2D eigenvalue weighted by molar-refractivity contribution is 5.90. The van der Waals surface area contributed by atoms with Crippen LogP contribution in [0.15, 0.2) is 11.6 Å². The number of unbranched alkanes of at least 4 members (excludes halogenated alkanes) is 12. The van der Waals surface area contributed by atoms with Gasteiger partial charge in [-0.25, -0.2) is 4.79 Å². The molecule has 0 bridgehead atoms. The molecule has 3 rings (SSSR count). The molecular formula is C37H66O7. The predicted molar refractivity (Wildman–Crippen MR) is 175 cm³/mol. The van der Waals surface area contributed by atoms with Crippen molar-refractivity contribution in [3.05, 3.63) is 11.6 Å². The van der Waals surface area contributed by atoms with Gasteiger partial charge in [-0.2, -0.15) is 0 Å². The zero-order valence-corrected chi connectivity index (χ0v) is 28.1. The van der Waals surface area contributed by atoms with Crippen LogP contribution in [-0.2, 0) is 19.0 Å². The smallest absolute Gasteiger partial charge is 0.334 e. The molecule has 0 aromatic rings. The zero-order chi connectivity index (χ0) is 31.6. The molecule has 44 heavy (non-hydrogen) atoms. The lowest BCUT2D eigenvalue weighted by atomic mass is 9.99. The van der Waals surface area contributed by atoms with Gasteiger partial charge >= 0.3 is 5.97 Å². The van der Waals surface area contributed by atoms with Gasteiger partial charge < -0.3 is 29.5 Å². The fraction of sp³-hybridized carbons (Fsp3) is 0.919. The summed E-state index contributed by atoms with van der Waals surface area (Å²) in [5, 5.41) is 31.8. The van der Waals surface area contributed by atoms with E-state index in [1.807, 2.05) is 13.0 Å². The molecule has 0 aliphatic carbocycles. The maximum absolute atomic E-state index is 11.7. The number of aliphatic hydroxyl groups is 3. The maximum atomic E-state index is 11.7. The van der Waals surface area contributed by atoms with E-state index < -0.39 is 6.10 Å². The number of rotatable bonds is 25. The van der Waals surface area contributed by atoms with Crippen LogP contribution >= 0.6 is 0 Å². The molecule has 2 fully saturated rings. The molecule has 3 aliphatic rings. The summed E-state index contributed by atoms with van der Waals surface area (Å²) in [6.07, 6.45) is 25.6. The van der Waals surface area contributed by atoms with Crippen LogP contribution in [-0.4, -0.2) is 70.1 Å². The van der Waals surface area contributed by atoms with Gasteiger partial charge in [0, 0.05) is 5.57 Å². The summed E-state index contributed by atoms with van der Waals surface area (Å²) in [5.41, 5.74) is 0.768. The van der Waals surface area contributed by atoms with Crippen molar-refractivity contribution >= 4 is 5.97 Å². The summed E-state index contributed by atoms with van der Waals surface area (Å²) in [4.78, 5) is 11.7. The van der Waals surface area contributed by atoms with Crippen LogP contribution in [0.3, 0.4) is 0 Å². The van der Waals surface area contributed by atoms with Crippen molar-refractivity contribution in [3.8, 4) is 0 Å². The Morgan fingerprint density at radius 2 is 1.11 bits per heavy atom. The standard InChI is InChI=1S/C37H66O7/c1-3-4-5-6-7-8-9-10-11-12-13-21-31(39)33-23-25-35(43-33)36-26-24-34(44-36)32(40)22-17-16-20-30(38)19-15-14-18-29-27-28(2)42-37(29)41/h27-28,30-36,38-40H,3-26H2,1-2H3/t28-,30?,31+,32+,33-,34+,35-,36+/m0/s1. The van der Waals surface area contributed by atoms with Gasteiger partial charge in [-0.15, -0.1) is 0 Å². The third-order valence-corrected chi connectivity index (χ3v) is 10.1. The normalized spacial score (nSPS) is 27.4. The van der Waals surface area contributed by atoms with E-state index in [-0.39, 0.29) is 48.7 Å². The molecule has 0 saturated carbocycles. The Morgan fingerprint density at radius 3 is 1.61 bits per heavy atom. The SMILES string of the molecule is CCCCCCCCCCCCC[C@@H](O)[C@@H]1CC[C@@H]([C@H]2CC[C@H]([C@H](O)CCCCC(O)CCCCC3=C[C@H](C)OC3=O)O2)O1. The number of esters is 1. The van der Waals surface area contributed by atoms with Crippen LogP contribution in [0.5, 0.6) is 0 Å². The fourth-order valence-electron chi connectivity index (χ4n) is 7.27. The summed E-state index contributed by atoms with van der Waals surface area (Å²) in [6.45, 7) is 4.14. The van der Waals surface area contributed by atoms with Crippen LogP contribution in [0.2, 0.25) is 0 Å². The number of hydrogen-bond acceptors (Lipinski definition) is 7. The number of cyclic esters (lactones) is 1. The molecule has 0 amide bonds. The van der Waals surface area contributed by atoms with Crippen LogP contribution in [0, 0.1) is 0 Å². The van der Waals surface area contributed by atoms with E-state index in [1.54, 1.807) is 0 Å². The van der Waals surface area contributed by atoms with E-state index in [2.05, 4.69) is 6.92 Å². The van der Waals surface area contributed by atoms with E-state index in [9.17, 15) is 20.1 Å². The summed E-state index contributed by atoms with van der Waals surface area (Å²) in [7, 11) is 0. The van der Waals surface area contributed by atoms with E-state index in [4.69, 9.17) is 14.2 Å². The molecule has 0 spiro atoms. The van der Waals surface area contributed by atoms with Crippen LogP contribution in [0.1, 0.15) is 168 Å². The van der Waals surface area contributed by atoms with Crippen molar-refractivity contribution in [2.75, 3.05) is 0 Å². The van der Waals surface area contributed by atoms with Crippen molar-refractivity contribution in [1.82, 2.24) is 0 Å². The van der Waals surface area contributed by atoms with Crippen LogP contribution < -0.4 is 0 Å². The second kappa shape index (κ2) is 21.7. The minimum atomic E-state index is -0.483. The summed E-state index contributed by atoms with van der Waals surface area (Å²) < 4.78 is 17.7. The Labute approximate surface area is 268 Å². The average molecular weight is 623 g/mol. The lowest BCUT2D eigenvalue weighted by molar-refractivity contribution is -0.139. The first-order chi connectivity index (χ1) is 21.4. The number of hydrogen-bond donors (Lipinski definition) is 3. The molecule has 2 saturated heterocycles. The summed E-state index contributed by atoms with van der Waals surface area (Å²) >= 11 is 0. The second-order valence-corrected chi connectivity index (χ2v) is 14.0. The van der Waals surface area contributed by atoms with Crippen molar-refractivity contribution in [3.63, 3.8) is 0 Å². The first kappa shape index (κ1) is 37.5. The van der Waals surface area contributed by atoms with Gasteiger partial charge in [0.05, 0.1) is 42.7 Å². The Bertz CT molecular complexity index is 801. The predicted octanol–water partition coefficient (Wildman–Crippen LogP) is 7.86. The van der Waals surface area contributed by atoms with Gasteiger partial charge in [-0.1, -0.05) is 96.8 Å². The largest absolute Gasteiger partial charge is 0.455 e.